The molecule has 0 bridgehead atoms. The largest absolute Gasteiger partial charge is 0.489 e. The number of nitrogens with two attached hydrogens (primary N) is 1. The minimum atomic E-state index is 0.404. The molecule has 0 amide bonds. The van der Waals surface area contributed by atoms with E-state index in [2.05, 4.69) is 24.0 Å². The average Bonchev–Trinajstić information content (AvgIpc) is 2.57. The van der Waals surface area contributed by atoms with Gasteiger partial charge in [-0.15, -0.1) is 0 Å². The molecule has 0 aliphatic rings. The Morgan fingerprint density at radius 2 is 1.65 bits per heavy atom. The van der Waals surface area contributed by atoms with E-state index < -0.39 is 0 Å². The molecule has 116 valence electrons. The lowest BCUT2D eigenvalue weighted by atomic mass is 10.1. The van der Waals surface area contributed by atoms with E-state index in [4.69, 9.17) is 15.2 Å². The highest BCUT2D eigenvalue weighted by molar-refractivity contribution is 5.49. The molecule has 3 rings (SSSR count). The molecule has 4 heteroatoms. The highest BCUT2D eigenvalue weighted by Gasteiger charge is 2.04. The van der Waals surface area contributed by atoms with Crippen LogP contribution in [0, 0.1) is 6.92 Å². The molecular weight excluding hydrogens is 288 g/mol. The molecule has 0 radical (unpaired) electrons. The summed E-state index contributed by atoms with van der Waals surface area (Å²) in [7, 11) is 0. The van der Waals surface area contributed by atoms with Crippen molar-refractivity contribution in [1.82, 2.24) is 4.98 Å². The van der Waals surface area contributed by atoms with Crippen molar-refractivity contribution in [3.63, 3.8) is 0 Å². The summed E-state index contributed by atoms with van der Waals surface area (Å²) >= 11 is 0. The Morgan fingerprint density at radius 3 is 2.39 bits per heavy atom. The van der Waals surface area contributed by atoms with E-state index >= 15 is 0 Å². The van der Waals surface area contributed by atoms with Gasteiger partial charge in [-0.2, -0.15) is 0 Å². The fourth-order valence-electron chi connectivity index (χ4n) is 2.14. The number of rotatable bonds is 5. The van der Waals surface area contributed by atoms with Crippen molar-refractivity contribution < 1.29 is 9.47 Å². The van der Waals surface area contributed by atoms with Crippen LogP contribution in [0.25, 0.3) is 0 Å². The van der Waals surface area contributed by atoms with Crippen molar-refractivity contribution in [1.29, 1.82) is 0 Å². The van der Waals surface area contributed by atoms with E-state index in [1.807, 2.05) is 36.4 Å². The van der Waals surface area contributed by atoms with Crippen LogP contribution < -0.4 is 15.2 Å². The third-order valence-corrected chi connectivity index (χ3v) is 3.49. The van der Waals surface area contributed by atoms with Crippen LogP contribution in [-0.2, 0) is 6.61 Å². The molecule has 0 aliphatic heterocycles. The first kappa shape index (κ1) is 14.9. The molecule has 23 heavy (non-hydrogen) atoms. The highest BCUT2D eigenvalue weighted by atomic mass is 16.5. The maximum atomic E-state index is 5.81. The van der Waals surface area contributed by atoms with E-state index in [0.717, 1.165) is 5.75 Å². The molecule has 2 N–H and O–H groups in total. The van der Waals surface area contributed by atoms with Crippen molar-refractivity contribution in [3.8, 4) is 17.4 Å². The monoisotopic (exact) mass is 306 g/mol. The lowest BCUT2D eigenvalue weighted by molar-refractivity contribution is 0.305. The fourth-order valence-corrected chi connectivity index (χ4v) is 2.14. The van der Waals surface area contributed by atoms with Crippen molar-refractivity contribution in [3.05, 3.63) is 78.0 Å². The highest BCUT2D eigenvalue weighted by Crippen LogP contribution is 2.26. The lowest BCUT2D eigenvalue weighted by Crippen LogP contribution is -1.98. The number of hydrogen-bond acceptors (Lipinski definition) is 4. The van der Waals surface area contributed by atoms with Crippen LogP contribution in [0.1, 0.15) is 11.1 Å². The topological polar surface area (TPSA) is 57.4 Å². The molecule has 1 heterocycles. The van der Waals surface area contributed by atoms with Gasteiger partial charge >= 0.3 is 0 Å². The second kappa shape index (κ2) is 6.83. The third kappa shape index (κ3) is 3.80. The molecule has 0 fully saturated rings. The third-order valence-electron chi connectivity index (χ3n) is 3.49. The molecule has 4 nitrogen and oxygen atoms in total. The van der Waals surface area contributed by atoms with E-state index in [1.165, 1.54) is 11.1 Å². The van der Waals surface area contributed by atoms with Crippen LogP contribution in [0.15, 0.2) is 66.9 Å². The second-order valence-corrected chi connectivity index (χ2v) is 5.19. The van der Waals surface area contributed by atoms with Crippen LogP contribution in [0.4, 0.5) is 5.69 Å². The number of aromatic nitrogens is 1. The quantitative estimate of drug-likeness (QED) is 0.761. The molecule has 0 aliphatic carbocycles. The van der Waals surface area contributed by atoms with Crippen molar-refractivity contribution in [2.45, 2.75) is 13.5 Å². The number of nitrogen functional groups attached to an aromatic ring is 1. The lowest BCUT2D eigenvalue weighted by Gasteiger charge is -2.10. The van der Waals surface area contributed by atoms with Gasteiger partial charge in [0.25, 0.3) is 0 Å². The van der Waals surface area contributed by atoms with Gasteiger partial charge in [0.05, 0.1) is 5.69 Å². The first-order valence-corrected chi connectivity index (χ1v) is 7.38. The summed E-state index contributed by atoms with van der Waals surface area (Å²) in [6.07, 6.45) is 1.64. The predicted molar refractivity (Wildman–Crippen MR) is 90.7 cm³/mol. The van der Waals surface area contributed by atoms with Crippen molar-refractivity contribution in [2.75, 3.05) is 5.73 Å². The minimum Gasteiger partial charge on any atom is -0.489 e. The first-order chi connectivity index (χ1) is 11.2. The molecule has 0 saturated heterocycles. The Morgan fingerprint density at radius 1 is 0.913 bits per heavy atom. The number of hydrogen-bond donors (Lipinski definition) is 1. The van der Waals surface area contributed by atoms with Crippen LogP contribution in [0.3, 0.4) is 0 Å². The Labute approximate surface area is 135 Å². The molecule has 0 unspecified atom stereocenters. The van der Waals surface area contributed by atoms with E-state index in [0.29, 0.717) is 23.9 Å². The van der Waals surface area contributed by atoms with Crippen molar-refractivity contribution in [2.24, 2.45) is 0 Å². The summed E-state index contributed by atoms with van der Waals surface area (Å²) in [5, 5.41) is 0. The standard InChI is InChI=1S/C19H18N2O2/c1-14-5-2-3-6-15(14)13-22-16-8-10-17(11-9-16)23-19-18(20)7-4-12-21-19/h2-12H,13,20H2,1H3. The molecule has 0 saturated carbocycles. The molecule has 2 aromatic carbocycles. The van der Waals surface area contributed by atoms with Crippen LogP contribution >= 0.6 is 0 Å². The van der Waals surface area contributed by atoms with E-state index in [9.17, 15) is 0 Å². The number of aryl methyl sites for hydroxylation is 1. The zero-order valence-electron chi connectivity index (χ0n) is 12.9. The zero-order valence-corrected chi connectivity index (χ0v) is 12.9. The summed E-state index contributed by atoms with van der Waals surface area (Å²) in [6, 6.07) is 19.1. The Bertz CT molecular complexity index is 785. The van der Waals surface area contributed by atoms with Crippen LogP contribution in [-0.4, -0.2) is 4.98 Å². The Balaban J connectivity index is 1.63. The van der Waals surface area contributed by atoms with Gasteiger partial charge < -0.3 is 15.2 Å². The van der Waals surface area contributed by atoms with Gasteiger partial charge in [-0.1, -0.05) is 24.3 Å². The van der Waals surface area contributed by atoms with Gasteiger partial charge in [-0.25, -0.2) is 4.98 Å². The van der Waals surface area contributed by atoms with Gasteiger partial charge in [0, 0.05) is 6.20 Å². The fraction of sp³-hybridized carbons (Fsp3) is 0.105. The first-order valence-electron chi connectivity index (χ1n) is 7.38. The SMILES string of the molecule is Cc1ccccc1COc1ccc(Oc2ncccc2N)cc1. The summed E-state index contributed by atoms with van der Waals surface area (Å²) < 4.78 is 11.5. The summed E-state index contributed by atoms with van der Waals surface area (Å²) in [4.78, 5) is 4.10. The molecule has 3 aromatic rings. The minimum absolute atomic E-state index is 0.404. The van der Waals surface area contributed by atoms with Gasteiger partial charge in [-0.05, 0) is 54.4 Å². The maximum Gasteiger partial charge on any atom is 0.242 e. The smallest absolute Gasteiger partial charge is 0.242 e. The van der Waals surface area contributed by atoms with E-state index in [-0.39, 0.29) is 0 Å². The number of nitrogens with zero attached hydrogens (tertiary/aromatic N) is 1. The normalized spacial score (nSPS) is 10.3. The Hall–Kier alpha value is -3.01. The summed E-state index contributed by atoms with van der Waals surface area (Å²) in [5.74, 6) is 1.86. The number of benzene rings is 2. The zero-order chi connectivity index (χ0) is 16.1. The molecule has 1 aromatic heterocycles. The molecule has 0 atom stereocenters. The van der Waals surface area contributed by atoms with Crippen LogP contribution in [0.2, 0.25) is 0 Å². The summed E-state index contributed by atoms with van der Waals surface area (Å²) in [6.45, 7) is 2.62. The van der Waals surface area contributed by atoms with Crippen LogP contribution in [0.5, 0.6) is 17.4 Å². The van der Waals surface area contributed by atoms with Gasteiger partial charge in [-0.3, -0.25) is 0 Å². The average molecular weight is 306 g/mol. The van der Waals surface area contributed by atoms with Gasteiger partial charge in [0.1, 0.15) is 18.1 Å². The number of anilines is 1. The van der Waals surface area contributed by atoms with Gasteiger partial charge in [0.15, 0.2) is 0 Å². The van der Waals surface area contributed by atoms with E-state index in [1.54, 1.807) is 18.3 Å². The maximum absolute atomic E-state index is 5.81. The molecular formula is C19H18N2O2. The Kier molecular flexibility index (Phi) is 4.43. The number of pyridine rings is 1. The van der Waals surface area contributed by atoms with Crippen molar-refractivity contribution >= 4 is 5.69 Å². The second-order valence-electron chi connectivity index (χ2n) is 5.19. The molecule has 0 spiro atoms. The predicted octanol–water partition coefficient (Wildman–Crippen LogP) is 4.34. The number of ether oxygens (including phenoxy) is 2. The summed E-state index contributed by atoms with van der Waals surface area (Å²) in [5.41, 5.74) is 8.71. The van der Waals surface area contributed by atoms with Gasteiger partial charge in [0.2, 0.25) is 5.88 Å².